The molecular formula is C53H68N8O8. The molecule has 4 amide bonds. The van der Waals surface area contributed by atoms with E-state index in [4.69, 9.17) is 14.5 Å². The number of aromatic nitrogens is 2. The van der Waals surface area contributed by atoms with E-state index in [2.05, 4.69) is 59.6 Å². The maximum absolute atomic E-state index is 14.9. The maximum Gasteiger partial charge on any atom is 0.324 e. The number of carbonyl (C=O) groups is 5. The van der Waals surface area contributed by atoms with E-state index in [-0.39, 0.29) is 61.2 Å². The first-order chi connectivity index (χ1) is 32.9. The molecule has 2 aromatic carbocycles. The van der Waals surface area contributed by atoms with E-state index in [0.29, 0.717) is 50.8 Å². The average molecular weight is 945 g/mol. The van der Waals surface area contributed by atoms with Crippen LogP contribution >= 0.6 is 0 Å². The number of nitrogens with zero attached hydrogens (tertiary/aromatic N) is 5. The zero-order valence-electron chi connectivity index (χ0n) is 41.3. The molecule has 0 aliphatic carbocycles. The van der Waals surface area contributed by atoms with Gasteiger partial charge in [0.2, 0.25) is 17.7 Å². The number of carbonyl (C=O) groups excluding carboxylic acids is 5. The highest BCUT2D eigenvalue weighted by atomic mass is 16.5. The summed E-state index contributed by atoms with van der Waals surface area (Å²) >= 11 is 0. The number of phenolic OH excluding ortho intramolecular Hbond substituents is 1. The number of likely N-dealkylation sites (N-methyl/N-ethyl adjacent to an activating group) is 1. The van der Waals surface area contributed by atoms with Crippen molar-refractivity contribution in [2.24, 2.45) is 11.3 Å². The van der Waals surface area contributed by atoms with Crippen LogP contribution in [0.1, 0.15) is 103 Å². The Bertz CT molecular complexity index is 2670. The van der Waals surface area contributed by atoms with E-state index in [1.807, 2.05) is 39.0 Å². The molecule has 16 heteroatoms. The number of aromatic hydroxyl groups is 1. The van der Waals surface area contributed by atoms with Crippen LogP contribution in [0.4, 0.5) is 0 Å². The fraction of sp³-hybridized carbons (Fsp3) is 0.547. The van der Waals surface area contributed by atoms with Crippen molar-refractivity contribution in [3.63, 3.8) is 0 Å². The molecule has 4 fully saturated rings. The summed E-state index contributed by atoms with van der Waals surface area (Å²) in [5.74, 6) is -2.17. The second kappa shape index (κ2) is 18.8. The lowest BCUT2D eigenvalue weighted by molar-refractivity contribution is -0.156. The van der Waals surface area contributed by atoms with E-state index in [1.165, 1.54) is 9.91 Å². The Morgan fingerprint density at radius 3 is 2.49 bits per heavy atom. The number of benzene rings is 2. The van der Waals surface area contributed by atoms with E-state index < -0.39 is 46.9 Å². The Morgan fingerprint density at radius 2 is 1.80 bits per heavy atom. The van der Waals surface area contributed by atoms with Gasteiger partial charge in [0.1, 0.15) is 29.4 Å². The third-order valence-corrected chi connectivity index (χ3v) is 15.3. The lowest BCUT2D eigenvalue weighted by Crippen LogP contribution is -2.64. The minimum absolute atomic E-state index is 0.00545. The summed E-state index contributed by atoms with van der Waals surface area (Å²) in [5.41, 5.74) is 8.56. The predicted molar refractivity (Wildman–Crippen MR) is 260 cm³/mol. The van der Waals surface area contributed by atoms with Gasteiger partial charge in [-0.05, 0) is 123 Å². The summed E-state index contributed by atoms with van der Waals surface area (Å²) in [6.07, 6.45) is 5.51. The second-order valence-electron chi connectivity index (χ2n) is 21.1. The molecular weight excluding hydrogens is 877 g/mol. The van der Waals surface area contributed by atoms with Crippen LogP contribution in [0, 0.1) is 11.3 Å². The number of cyclic esters (lactones) is 1. The summed E-state index contributed by atoms with van der Waals surface area (Å²) in [4.78, 5) is 80.1. The van der Waals surface area contributed by atoms with Crippen molar-refractivity contribution in [3.8, 4) is 28.1 Å². The summed E-state index contributed by atoms with van der Waals surface area (Å²) in [6.45, 7) is 13.6. The molecule has 7 heterocycles. The molecule has 0 saturated carbocycles. The zero-order valence-corrected chi connectivity index (χ0v) is 41.3. The Kier molecular flexibility index (Phi) is 13.1. The largest absolute Gasteiger partial charge is 0.508 e. The van der Waals surface area contributed by atoms with Crippen molar-refractivity contribution < 1.29 is 38.6 Å². The van der Waals surface area contributed by atoms with Crippen molar-refractivity contribution >= 4 is 40.5 Å². The Balaban J connectivity index is 1.11. The molecule has 4 saturated heterocycles. The second-order valence-corrected chi connectivity index (χ2v) is 21.1. The minimum Gasteiger partial charge on any atom is -0.508 e. The van der Waals surface area contributed by atoms with Crippen molar-refractivity contribution in [3.05, 3.63) is 71.5 Å². The molecule has 16 nitrogen and oxygen atoms in total. The fourth-order valence-corrected chi connectivity index (χ4v) is 11.7. The molecule has 0 unspecified atom stereocenters. The van der Waals surface area contributed by atoms with Crippen LogP contribution in [0.3, 0.4) is 0 Å². The molecule has 4 N–H and O–H groups in total. The molecule has 9 rings (SSSR count). The van der Waals surface area contributed by atoms with Crippen LogP contribution in [0.5, 0.6) is 5.75 Å². The smallest absolute Gasteiger partial charge is 0.324 e. The number of hydrogen-bond acceptors (Lipinski definition) is 11. The van der Waals surface area contributed by atoms with Crippen molar-refractivity contribution in [1.82, 2.24) is 40.4 Å². The molecule has 0 spiro atoms. The number of rotatable bonds is 10. The van der Waals surface area contributed by atoms with Crippen LogP contribution < -0.4 is 16.1 Å². The minimum atomic E-state index is -1.17. The number of methoxy groups -OCH3 is 1. The van der Waals surface area contributed by atoms with E-state index >= 15 is 0 Å². The van der Waals surface area contributed by atoms with Gasteiger partial charge in [-0.25, -0.2) is 5.43 Å². The van der Waals surface area contributed by atoms with Gasteiger partial charge in [-0.3, -0.25) is 34.0 Å². The Hall–Kier alpha value is -5.84. The van der Waals surface area contributed by atoms with E-state index in [9.17, 15) is 29.1 Å². The lowest BCUT2D eigenvalue weighted by Gasteiger charge is -2.40. The first kappa shape index (κ1) is 48.2. The number of hydrogen-bond donors (Lipinski definition) is 4. The van der Waals surface area contributed by atoms with Crippen LogP contribution in [0.15, 0.2) is 54.7 Å². The zero-order chi connectivity index (χ0) is 49.1. The number of aryl methyl sites for hydroxylation is 1. The Morgan fingerprint density at radius 1 is 1.04 bits per heavy atom. The molecule has 2 aromatic heterocycles. The van der Waals surface area contributed by atoms with Crippen LogP contribution in [0.25, 0.3) is 33.3 Å². The van der Waals surface area contributed by atoms with Gasteiger partial charge >= 0.3 is 5.97 Å². The van der Waals surface area contributed by atoms with Crippen molar-refractivity contribution in [2.45, 2.75) is 141 Å². The normalized spacial score (nSPS) is 25.3. The maximum atomic E-state index is 14.9. The van der Waals surface area contributed by atoms with Gasteiger partial charge in [-0.1, -0.05) is 39.8 Å². The number of amides is 4. The lowest BCUT2D eigenvalue weighted by atomic mass is 9.84. The number of ether oxygens (including phenoxy) is 2. The van der Waals surface area contributed by atoms with Gasteiger partial charge in [-0.15, -0.1) is 0 Å². The monoisotopic (exact) mass is 945 g/mol. The summed E-state index contributed by atoms with van der Waals surface area (Å²) < 4.78 is 14.3. The first-order valence-corrected chi connectivity index (χ1v) is 24.8. The summed E-state index contributed by atoms with van der Waals surface area (Å²) in [6, 6.07) is 12.3. The highest BCUT2D eigenvalue weighted by molar-refractivity contribution is 5.99. The molecule has 4 aromatic rings. The standard InChI is InChI=1S/C53H68N8O8/c1-9-59-43-15-14-33-26-38(43)39(46(59)37-12-10-20-54-44(37)31(4)68-8)27-52(5,6)29-69-50(66)40-13-11-21-60(57-40)48(64)41(24-32-22-34(33)25-36(62)23-32)56-47(63)45(30(2)3)58(7)51(67)53-18-16-35(17-19-53)61(53)49(65)42-28-55-42/h10,12,14-15,20,22-23,25-26,30-31,35,40-42,45,55,57,62H,9,11,13,16-19,21,24,27-29H2,1-8H3,(H,56,63)/t31-,35?,40-,41-,42+,45-,53?/m0/s1. The predicted octanol–water partition coefficient (Wildman–Crippen LogP) is 5.43. The molecule has 0 radical (unpaired) electrons. The first-order valence-electron chi connectivity index (χ1n) is 24.8. The van der Waals surface area contributed by atoms with Crippen LogP contribution in [0.2, 0.25) is 0 Å². The number of phenols is 1. The number of nitrogens with one attached hydrogen (secondary N) is 3. The number of fused-ring (bicyclic) bond motifs is 8. The molecule has 5 aliphatic heterocycles. The van der Waals surface area contributed by atoms with E-state index in [0.717, 1.165) is 57.4 Å². The third-order valence-electron chi connectivity index (χ3n) is 15.3. The average Bonchev–Trinajstić information content (AvgIpc) is 3.95. The molecule has 8 bridgehead atoms. The topological polar surface area (TPSA) is 198 Å². The summed E-state index contributed by atoms with van der Waals surface area (Å²) in [5, 5.41) is 20.0. The Labute approximate surface area is 404 Å². The van der Waals surface area contributed by atoms with Crippen LogP contribution in [-0.2, 0) is 52.8 Å². The quantitative estimate of drug-likeness (QED) is 0.117. The fourth-order valence-electron chi connectivity index (χ4n) is 11.7. The van der Waals surface area contributed by atoms with Gasteiger partial charge in [-0.2, -0.15) is 0 Å². The highest BCUT2D eigenvalue weighted by Crippen LogP contribution is 2.49. The van der Waals surface area contributed by atoms with Gasteiger partial charge in [0, 0.05) is 74.3 Å². The number of esters is 1. The van der Waals surface area contributed by atoms with Gasteiger partial charge < -0.3 is 39.6 Å². The number of hydrazine groups is 1. The highest BCUT2D eigenvalue weighted by Gasteiger charge is 2.61. The molecule has 5 atom stereocenters. The molecule has 69 heavy (non-hydrogen) atoms. The van der Waals surface area contributed by atoms with Crippen LogP contribution in [-0.4, -0.2) is 129 Å². The van der Waals surface area contributed by atoms with Crippen molar-refractivity contribution in [1.29, 1.82) is 0 Å². The van der Waals surface area contributed by atoms with E-state index in [1.54, 1.807) is 37.4 Å². The molecule has 5 aliphatic rings. The van der Waals surface area contributed by atoms with Gasteiger partial charge in [0.15, 0.2) is 0 Å². The number of pyridine rings is 1. The third kappa shape index (κ3) is 8.99. The SMILES string of the molecule is CCn1c(-c2cccnc2[C@H](C)OC)c2c3cc(ccc31)-c1cc(O)cc(c1)C[C@H](NC(=O)[C@H](C(C)C)N(C)C(=O)C13CCC(CC1)N3C(=O)[C@H]1CN1)C(=O)N1CCC[C@H](N1)C(=O)OCC(C)(C)C2. The summed E-state index contributed by atoms with van der Waals surface area (Å²) in [7, 11) is 3.30. The van der Waals surface area contributed by atoms with Gasteiger partial charge in [0.25, 0.3) is 5.91 Å². The molecule has 368 valence electrons. The van der Waals surface area contributed by atoms with Gasteiger partial charge in [0.05, 0.1) is 30.1 Å². The van der Waals surface area contributed by atoms with Crippen molar-refractivity contribution in [2.75, 3.05) is 33.9 Å².